The third-order valence-electron chi connectivity index (χ3n) is 9.09. The largest absolute Gasteiger partial charge is 0.462 e. The minimum atomic E-state index is -0.624. The van der Waals surface area contributed by atoms with E-state index in [1.54, 1.807) is 0 Å². The number of esters is 1. The molecule has 37 heavy (non-hydrogen) atoms. The van der Waals surface area contributed by atoms with Gasteiger partial charge in [-0.3, -0.25) is 4.79 Å². The highest BCUT2D eigenvalue weighted by atomic mass is 16.5. The summed E-state index contributed by atoms with van der Waals surface area (Å²) >= 11 is 0. The Morgan fingerprint density at radius 1 is 1.03 bits per heavy atom. The minimum Gasteiger partial charge on any atom is -0.462 e. The molecule has 3 fully saturated rings. The van der Waals surface area contributed by atoms with Gasteiger partial charge in [-0.1, -0.05) is 55.0 Å². The Kier molecular flexibility index (Phi) is 7.86. The summed E-state index contributed by atoms with van der Waals surface area (Å²) in [6.07, 6.45) is 5.14. The smallest absolute Gasteiger partial charge is 0.305 e. The van der Waals surface area contributed by atoms with Crippen molar-refractivity contribution in [3.05, 3.63) is 77.1 Å². The molecule has 0 bridgehead atoms. The van der Waals surface area contributed by atoms with E-state index in [0.717, 1.165) is 70.4 Å². The minimum absolute atomic E-state index is 0.0640. The standard InChI is InChI=1S/C32H41N3O2/c1-4-31(36)37-30-12-8-11-29(30)32(33-3,26-9-6-5-7-10-26)27-17-19-34(20-18-27)21-25-22-35(23-25)28-15-13-24(2)14-16-28/h5-7,9-10,13-16,25,27,29-30H,4,8,11-12,17-23H2,1-2H3/t29-,30-,32-/m0/s1. The van der Waals surface area contributed by atoms with Crippen molar-refractivity contribution in [3.8, 4) is 0 Å². The second kappa shape index (κ2) is 11.3. The monoisotopic (exact) mass is 499 g/mol. The molecule has 0 spiro atoms. The van der Waals surface area contributed by atoms with Crippen LogP contribution in [0.4, 0.5) is 5.69 Å². The zero-order valence-electron chi connectivity index (χ0n) is 22.4. The Labute approximate surface area is 222 Å². The fourth-order valence-electron chi connectivity index (χ4n) is 7.09. The van der Waals surface area contributed by atoms with Gasteiger partial charge in [-0.15, -0.1) is 0 Å². The van der Waals surface area contributed by atoms with Gasteiger partial charge in [0.05, 0.1) is 5.92 Å². The third-order valence-corrected chi connectivity index (χ3v) is 9.09. The van der Waals surface area contributed by atoms with Crippen LogP contribution in [0.3, 0.4) is 0 Å². The molecule has 0 aromatic heterocycles. The molecule has 3 atom stereocenters. The molecule has 5 heteroatoms. The highest BCUT2D eigenvalue weighted by Gasteiger charge is 2.58. The molecule has 2 heterocycles. The summed E-state index contributed by atoms with van der Waals surface area (Å²) in [4.78, 5) is 21.8. The van der Waals surface area contributed by atoms with Crippen LogP contribution in [-0.2, 0) is 15.1 Å². The predicted octanol–water partition coefficient (Wildman–Crippen LogP) is 6.08. The first-order valence-electron chi connectivity index (χ1n) is 14.2. The lowest BCUT2D eigenvalue weighted by Crippen LogP contribution is -2.54. The number of ether oxygens (including phenoxy) is 1. The third kappa shape index (κ3) is 5.27. The van der Waals surface area contributed by atoms with Crippen LogP contribution in [0.15, 0.2) is 54.6 Å². The van der Waals surface area contributed by atoms with Gasteiger partial charge in [0.25, 0.3) is 5.54 Å². The van der Waals surface area contributed by atoms with Crippen molar-refractivity contribution >= 4 is 11.7 Å². The van der Waals surface area contributed by atoms with E-state index in [9.17, 15) is 4.79 Å². The SMILES string of the molecule is [C-]#[N+][C@@](c1ccccc1)(C1CCN(CC2CN(c3ccc(C)cc3)C2)CC1)[C@H]1CCC[C@@H]1OC(=O)CC. The highest BCUT2D eigenvalue weighted by molar-refractivity contribution is 5.69. The van der Waals surface area contributed by atoms with Gasteiger partial charge in [0.15, 0.2) is 0 Å². The van der Waals surface area contributed by atoms with Gasteiger partial charge >= 0.3 is 5.97 Å². The fraction of sp³-hybridized carbons (Fsp3) is 0.562. The summed E-state index contributed by atoms with van der Waals surface area (Å²) in [5.41, 5.74) is 3.13. The molecular formula is C32H41N3O2. The molecule has 2 aromatic carbocycles. The molecule has 0 N–H and O–H groups in total. The first-order chi connectivity index (χ1) is 18.0. The van der Waals surface area contributed by atoms with Crippen LogP contribution < -0.4 is 4.90 Å². The van der Waals surface area contributed by atoms with Crippen molar-refractivity contribution < 1.29 is 9.53 Å². The van der Waals surface area contributed by atoms with Crippen molar-refractivity contribution in [1.82, 2.24) is 4.90 Å². The molecule has 0 radical (unpaired) electrons. The van der Waals surface area contributed by atoms with Crippen LogP contribution in [0.2, 0.25) is 0 Å². The number of carbonyl (C=O) groups is 1. The maximum Gasteiger partial charge on any atom is 0.305 e. The first kappa shape index (κ1) is 25.8. The van der Waals surface area contributed by atoms with Crippen molar-refractivity contribution in [2.45, 2.75) is 64.0 Å². The second-order valence-corrected chi connectivity index (χ2v) is 11.4. The maximum atomic E-state index is 12.2. The Hall–Kier alpha value is -2.84. The number of aryl methyl sites for hydroxylation is 1. The number of piperidine rings is 1. The molecule has 5 nitrogen and oxygen atoms in total. The summed E-state index contributed by atoms with van der Waals surface area (Å²) in [7, 11) is 0. The quantitative estimate of drug-likeness (QED) is 0.326. The number of hydrogen-bond acceptors (Lipinski definition) is 4. The molecule has 2 aromatic rings. The van der Waals surface area contributed by atoms with Crippen molar-refractivity contribution in [2.24, 2.45) is 17.8 Å². The zero-order chi connectivity index (χ0) is 25.8. The van der Waals surface area contributed by atoms with E-state index in [4.69, 9.17) is 11.3 Å². The lowest BCUT2D eigenvalue weighted by molar-refractivity contribution is -0.152. The topological polar surface area (TPSA) is 37.1 Å². The van der Waals surface area contributed by atoms with E-state index in [0.29, 0.717) is 12.3 Å². The summed E-state index contributed by atoms with van der Waals surface area (Å²) in [6, 6.07) is 19.3. The zero-order valence-corrected chi connectivity index (χ0v) is 22.4. The fourth-order valence-corrected chi connectivity index (χ4v) is 7.09. The Bertz CT molecular complexity index is 1080. The number of anilines is 1. The van der Waals surface area contributed by atoms with Gasteiger partial charge in [-0.05, 0) is 64.3 Å². The molecule has 1 saturated carbocycles. The van der Waals surface area contributed by atoms with Crippen LogP contribution in [0.25, 0.3) is 4.85 Å². The number of likely N-dealkylation sites (tertiary alicyclic amines) is 1. The number of benzene rings is 2. The molecule has 196 valence electrons. The average Bonchev–Trinajstić information content (AvgIpc) is 3.37. The van der Waals surface area contributed by atoms with E-state index in [1.165, 1.54) is 11.3 Å². The predicted molar refractivity (Wildman–Crippen MR) is 148 cm³/mol. The van der Waals surface area contributed by atoms with Crippen LogP contribution in [-0.4, -0.2) is 49.7 Å². The van der Waals surface area contributed by atoms with Crippen LogP contribution in [0.1, 0.15) is 56.6 Å². The van der Waals surface area contributed by atoms with E-state index in [-0.39, 0.29) is 23.9 Å². The molecule has 2 saturated heterocycles. The molecule has 5 rings (SSSR count). The van der Waals surface area contributed by atoms with Crippen molar-refractivity contribution in [2.75, 3.05) is 37.6 Å². The van der Waals surface area contributed by atoms with E-state index < -0.39 is 5.54 Å². The van der Waals surface area contributed by atoms with Gasteiger partial charge < -0.3 is 19.4 Å². The van der Waals surface area contributed by atoms with Crippen LogP contribution in [0.5, 0.6) is 0 Å². The summed E-state index contributed by atoms with van der Waals surface area (Å²) in [5, 5.41) is 0. The molecule has 2 aliphatic heterocycles. The van der Waals surface area contributed by atoms with E-state index in [1.807, 2.05) is 13.0 Å². The molecular weight excluding hydrogens is 458 g/mol. The Morgan fingerprint density at radius 3 is 2.38 bits per heavy atom. The summed E-state index contributed by atoms with van der Waals surface area (Å²) < 4.78 is 5.94. The molecule has 1 aliphatic carbocycles. The van der Waals surface area contributed by atoms with E-state index >= 15 is 0 Å². The van der Waals surface area contributed by atoms with Crippen LogP contribution >= 0.6 is 0 Å². The van der Waals surface area contributed by atoms with Gasteiger partial charge in [-0.2, -0.15) is 0 Å². The average molecular weight is 500 g/mol. The normalized spacial score (nSPS) is 24.7. The van der Waals surface area contributed by atoms with E-state index in [2.05, 4.69) is 70.1 Å². The number of rotatable bonds is 8. The number of carbonyl (C=O) groups excluding carboxylic acids is 1. The Balaban J connectivity index is 1.25. The van der Waals surface area contributed by atoms with Gasteiger partial charge in [0.2, 0.25) is 0 Å². The second-order valence-electron chi connectivity index (χ2n) is 11.4. The molecule has 3 aliphatic rings. The van der Waals surface area contributed by atoms with Gasteiger partial charge in [-0.25, -0.2) is 6.57 Å². The molecule has 0 unspecified atom stereocenters. The summed E-state index contributed by atoms with van der Waals surface area (Å²) in [6.45, 7) is 18.0. The highest BCUT2D eigenvalue weighted by Crippen LogP contribution is 2.52. The maximum absolute atomic E-state index is 12.2. The lowest BCUT2D eigenvalue weighted by Gasteiger charge is -2.46. The lowest BCUT2D eigenvalue weighted by atomic mass is 9.65. The van der Waals surface area contributed by atoms with Crippen LogP contribution in [0, 0.1) is 31.2 Å². The molecule has 0 amide bonds. The number of hydrogen-bond donors (Lipinski definition) is 0. The Morgan fingerprint density at radius 2 is 1.73 bits per heavy atom. The van der Waals surface area contributed by atoms with Crippen molar-refractivity contribution in [3.63, 3.8) is 0 Å². The first-order valence-corrected chi connectivity index (χ1v) is 14.2. The number of nitrogens with zero attached hydrogens (tertiary/aromatic N) is 3. The van der Waals surface area contributed by atoms with Crippen molar-refractivity contribution in [1.29, 1.82) is 0 Å². The summed E-state index contributed by atoms with van der Waals surface area (Å²) in [5.74, 6) is 0.915. The van der Waals surface area contributed by atoms with Gasteiger partial charge in [0.1, 0.15) is 6.10 Å². The van der Waals surface area contributed by atoms with Gasteiger partial charge in [0, 0.05) is 49.1 Å².